The molecule has 0 fully saturated rings. The van der Waals surface area contributed by atoms with E-state index in [-0.39, 0.29) is 5.56 Å². The second-order valence-electron chi connectivity index (χ2n) is 5.18. The van der Waals surface area contributed by atoms with Crippen LogP contribution < -0.4 is 10.5 Å². The van der Waals surface area contributed by atoms with Crippen molar-refractivity contribution in [2.24, 2.45) is 0 Å². The number of nitrogens with zero attached hydrogens (tertiary/aromatic N) is 2. The van der Waals surface area contributed by atoms with Crippen LogP contribution in [0.3, 0.4) is 0 Å². The molecular formula is C14H16N3O3P. The van der Waals surface area contributed by atoms with Gasteiger partial charge in [0, 0.05) is 25.1 Å². The van der Waals surface area contributed by atoms with E-state index in [2.05, 4.69) is 9.97 Å². The van der Waals surface area contributed by atoms with E-state index in [0.717, 1.165) is 5.52 Å². The summed E-state index contributed by atoms with van der Waals surface area (Å²) in [7, 11) is -3.18. The first kappa shape index (κ1) is 14.0. The van der Waals surface area contributed by atoms with Crippen LogP contribution in [0.2, 0.25) is 0 Å². The minimum Gasteiger partial charge on any atom is -0.348 e. The number of fused-ring (bicyclic) bond motifs is 1. The molecule has 2 heterocycles. The van der Waals surface area contributed by atoms with Crippen molar-refractivity contribution in [1.82, 2.24) is 9.97 Å². The van der Waals surface area contributed by atoms with Crippen molar-refractivity contribution in [3.8, 4) is 0 Å². The molecule has 1 aromatic heterocycles. The first-order valence-electron chi connectivity index (χ1n) is 6.69. The lowest BCUT2D eigenvalue weighted by Crippen LogP contribution is -2.34. The highest BCUT2D eigenvalue weighted by atomic mass is 31.2. The minimum absolute atomic E-state index is 0.241. The van der Waals surface area contributed by atoms with Gasteiger partial charge in [-0.15, -0.1) is 0 Å². The highest BCUT2D eigenvalue weighted by molar-refractivity contribution is 7.61. The molecule has 0 amide bonds. The zero-order valence-corrected chi connectivity index (χ0v) is 12.5. The van der Waals surface area contributed by atoms with Gasteiger partial charge in [0.1, 0.15) is 0 Å². The summed E-state index contributed by atoms with van der Waals surface area (Å²) in [6, 6.07) is 7.36. The predicted molar refractivity (Wildman–Crippen MR) is 83.0 cm³/mol. The molecule has 2 N–H and O–H groups in total. The van der Waals surface area contributed by atoms with Crippen LogP contribution in [0.4, 0.5) is 5.82 Å². The number of aromatic amines is 1. The average Bonchev–Trinajstić information content (AvgIpc) is 2.46. The van der Waals surface area contributed by atoms with Gasteiger partial charge < -0.3 is 14.8 Å². The maximum atomic E-state index is 12.1. The first-order chi connectivity index (χ1) is 9.95. The Bertz CT molecular complexity index is 822. The van der Waals surface area contributed by atoms with Crippen molar-refractivity contribution in [1.29, 1.82) is 0 Å². The summed E-state index contributed by atoms with van der Waals surface area (Å²) in [4.78, 5) is 30.7. The molecule has 0 radical (unpaired) electrons. The fourth-order valence-electron chi connectivity index (χ4n) is 2.46. The molecule has 0 saturated heterocycles. The Morgan fingerprint density at radius 2 is 2.14 bits per heavy atom. The second-order valence-corrected chi connectivity index (χ2v) is 7.51. The summed E-state index contributed by atoms with van der Waals surface area (Å²) < 4.78 is 11.6. The van der Waals surface area contributed by atoms with Gasteiger partial charge in [-0.05, 0) is 18.6 Å². The summed E-state index contributed by atoms with van der Waals surface area (Å²) in [5, 5.41) is 0.566. The molecule has 7 heteroatoms. The van der Waals surface area contributed by atoms with E-state index >= 15 is 0 Å². The van der Waals surface area contributed by atoms with Crippen molar-refractivity contribution < 1.29 is 9.46 Å². The topological polar surface area (TPSA) is 86.3 Å². The summed E-state index contributed by atoms with van der Waals surface area (Å²) in [6.45, 7) is 2.27. The van der Waals surface area contributed by atoms with Gasteiger partial charge in [-0.1, -0.05) is 18.2 Å². The molecule has 1 aromatic carbocycles. The highest BCUT2D eigenvalue weighted by Crippen LogP contribution is 2.48. The first-order valence-corrected chi connectivity index (χ1v) is 8.80. The number of para-hydroxylation sites is 2. The number of hydrogen-bond acceptors (Lipinski definition) is 4. The van der Waals surface area contributed by atoms with E-state index in [0.29, 0.717) is 36.2 Å². The lowest BCUT2D eigenvalue weighted by Gasteiger charge is -2.27. The van der Waals surface area contributed by atoms with Gasteiger partial charge in [0.15, 0.2) is 5.82 Å². The Kier molecular flexibility index (Phi) is 3.43. The molecule has 0 bridgehead atoms. The third-order valence-corrected chi connectivity index (χ3v) is 5.07. The SMILES string of the molecule is CP(=O)(O)C1=CCN(c2nc3ccccc3[nH]c2=O)CC1. The summed E-state index contributed by atoms with van der Waals surface area (Å²) >= 11 is 0. The number of anilines is 1. The average molecular weight is 305 g/mol. The van der Waals surface area contributed by atoms with E-state index < -0.39 is 7.37 Å². The molecule has 0 saturated carbocycles. The van der Waals surface area contributed by atoms with Crippen molar-refractivity contribution in [2.75, 3.05) is 24.7 Å². The molecule has 1 unspecified atom stereocenters. The Labute approximate surface area is 121 Å². The maximum absolute atomic E-state index is 12.1. The molecule has 1 aliphatic rings. The van der Waals surface area contributed by atoms with Crippen LogP contribution in [0.15, 0.2) is 40.5 Å². The molecule has 0 aliphatic carbocycles. The standard InChI is InChI=1S/C14H16N3O3P/c1-21(19,20)10-6-8-17(9-7-10)13-14(18)16-12-5-3-2-4-11(12)15-13/h2-6H,7-9H2,1H3,(H,16,18)(H,19,20). The van der Waals surface area contributed by atoms with Gasteiger partial charge in [-0.2, -0.15) is 0 Å². The van der Waals surface area contributed by atoms with Crippen LogP contribution >= 0.6 is 7.37 Å². The zero-order chi connectivity index (χ0) is 15.0. The third-order valence-electron chi connectivity index (χ3n) is 3.60. The van der Waals surface area contributed by atoms with Crippen molar-refractivity contribution in [3.63, 3.8) is 0 Å². The van der Waals surface area contributed by atoms with E-state index in [1.165, 1.54) is 6.66 Å². The fraction of sp³-hybridized carbons (Fsp3) is 0.286. The molecule has 110 valence electrons. The Hall–Kier alpha value is -1.91. The molecule has 6 nitrogen and oxygen atoms in total. The van der Waals surface area contributed by atoms with Crippen LogP contribution in [0.5, 0.6) is 0 Å². The van der Waals surface area contributed by atoms with Gasteiger partial charge in [0.25, 0.3) is 5.56 Å². The van der Waals surface area contributed by atoms with E-state index in [1.54, 1.807) is 12.1 Å². The molecule has 1 atom stereocenters. The van der Waals surface area contributed by atoms with Crippen LogP contribution in [0.25, 0.3) is 11.0 Å². The second kappa shape index (κ2) is 5.13. The van der Waals surface area contributed by atoms with Gasteiger partial charge in [-0.3, -0.25) is 9.36 Å². The van der Waals surface area contributed by atoms with Gasteiger partial charge in [0.05, 0.1) is 11.0 Å². The maximum Gasteiger partial charge on any atom is 0.291 e. The molecular weight excluding hydrogens is 289 g/mol. The number of benzene rings is 1. The molecule has 21 heavy (non-hydrogen) atoms. The van der Waals surface area contributed by atoms with Crippen molar-refractivity contribution >= 4 is 24.2 Å². The highest BCUT2D eigenvalue weighted by Gasteiger charge is 2.23. The van der Waals surface area contributed by atoms with Crippen LogP contribution in [-0.4, -0.2) is 34.6 Å². The number of hydrogen-bond donors (Lipinski definition) is 2. The molecule has 0 spiro atoms. The molecule has 2 aromatic rings. The Morgan fingerprint density at radius 3 is 2.81 bits per heavy atom. The van der Waals surface area contributed by atoms with Crippen LogP contribution in [0, 0.1) is 0 Å². The van der Waals surface area contributed by atoms with Crippen molar-refractivity contribution in [2.45, 2.75) is 6.42 Å². The van der Waals surface area contributed by atoms with Crippen LogP contribution in [0.1, 0.15) is 6.42 Å². The Morgan fingerprint density at radius 1 is 1.38 bits per heavy atom. The van der Waals surface area contributed by atoms with Gasteiger partial charge in [-0.25, -0.2) is 4.98 Å². The lowest BCUT2D eigenvalue weighted by atomic mass is 10.2. The minimum atomic E-state index is -3.18. The van der Waals surface area contributed by atoms with E-state index in [9.17, 15) is 14.3 Å². The van der Waals surface area contributed by atoms with Gasteiger partial charge >= 0.3 is 0 Å². The quantitative estimate of drug-likeness (QED) is 0.828. The summed E-state index contributed by atoms with van der Waals surface area (Å²) in [5.41, 5.74) is 1.19. The predicted octanol–water partition coefficient (Wildman–Crippen LogP) is 1.92. The largest absolute Gasteiger partial charge is 0.348 e. The number of rotatable bonds is 2. The van der Waals surface area contributed by atoms with Gasteiger partial charge in [0.2, 0.25) is 7.37 Å². The normalized spacial score (nSPS) is 18.4. The fourth-order valence-corrected chi connectivity index (χ4v) is 3.40. The van der Waals surface area contributed by atoms with Crippen LogP contribution in [-0.2, 0) is 4.57 Å². The smallest absolute Gasteiger partial charge is 0.291 e. The summed E-state index contributed by atoms with van der Waals surface area (Å²) in [5.74, 6) is 0.355. The Balaban J connectivity index is 1.96. The number of H-pyrrole nitrogens is 1. The third kappa shape index (κ3) is 2.77. The van der Waals surface area contributed by atoms with Crippen molar-refractivity contribution in [3.05, 3.63) is 46.0 Å². The summed E-state index contributed by atoms with van der Waals surface area (Å²) in [6.07, 6.45) is 2.19. The number of nitrogens with one attached hydrogen (secondary N) is 1. The molecule has 3 rings (SSSR count). The zero-order valence-electron chi connectivity index (χ0n) is 11.6. The number of aromatic nitrogens is 2. The molecule has 1 aliphatic heterocycles. The van der Waals surface area contributed by atoms with E-state index in [4.69, 9.17) is 0 Å². The monoisotopic (exact) mass is 305 g/mol. The van der Waals surface area contributed by atoms with E-state index in [1.807, 2.05) is 23.1 Å². The lowest BCUT2D eigenvalue weighted by molar-refractivity contribution is 0.489.